The molecule has 0 spiro atoms. The summed E-state index contributed by atoms with van der Waals surface area (Å²) in [5.74, 6) is -0.377. The maximum atomic E-state index is 11.2. The minimum atomic E-state index is -0.377. The third kappa shape index (κ3) is 2.30. The second-order valence-electron chi connectivity index (χ2n) is 2.03. The molecule has 1 amide bonds. The smallest absolute Gasteiger partial charge is 0.271 e. The SMILES string of the molecule is CNC(=O)c1nc(Cl)nc(Cl)c1Br. The number of halogens is 3. The Morgan fingerprint density at radius 1 is 1.46 bits per heavy atom. The summed E-state index contributed by atoms with van der Waals surface area (Å²) in [6.45, 7) is 0. The highest BCUT2D eigenvalue weighted by atomic mass is 79.9. The predicted octanol–water partition coefficient (Wildman–Crippen LogP) is 1.91. The van der Waals surface area contributed by atoms with Gasteiger partial charge >= 0.3 is 0 Å². The van der Waals surface area contributed by atoms with Crippen molar-refractivity contribution in [2.45, 2.75) is 0 Å². The molecule has 7 heteroatoms. The summed E-state index contributed by atoms with van der Waals surface area (Å²) in [6, 6.07) is 0. The summed E-state index contributed by atoms with van der Waals surface area (Å²) in [6.07, 6.45) is 0. The Labute approximate surface area is 92.8 Å². The molecule has 0 fully saturated rings. The van der Waals surface area contributed by atoms with Crippen molar-refractivity contribution < 1.29 is 4.79 Å². The summed E-state index contributed by atoms with van der Waals surface area (Å²) in [5.41, 5.74) is 0.118. The molecule has 4 nitrogen and oxygen atoms in total. The van der Waals surface area contributed by atoms with Crippen LogP contribution in [0.5, 0.6) is 0 Å². The zero-order chi connectivity index (χ0) is 10.0. The van der Waals surface area contributed by atoms with E-state index in [0.29, 0.717) is 4.47 Å². The van der Waals surface area contributed by atoms with Crippen LogP contribution in [0.1, 0.15) is 10.5 Å². The zero-order valence-electron chi connectivity index (χ0n) is 6.44. The fourth-order valence-electron chi connectivity index (χ4n) is 0.663. The van der Waals surface area contributed by atoms with Crippen LogP contribution in [0.25, 0.3) is 0 Å². The molecule has 0 aliphatic carbocycles. The Balaban J connectivity index is 3.28. The number of hydrogen-bond acceptors (Lipinski definition) is 3. The number of carbonyl (C=O) groups excluding carboxylic acids is 1. The molecule has 1 rings (SSSR count). The monoisotopic (exact) mass is 283 g/mol. The fourth-order valence-corrected chi connectivity index (χ4v) is 1.40. The number of carbonyl (C=O) groups is 1. The first-order chi connectivity index (χ1) is 6.06. The molecule has 70 valence electrons. The number of amides is 1. The van der Waals surface area contributed by atoms with Crippen LogP contribution in [0.2, 0.25) is 10.4 Å². The summed E-state index contributed by atoms with van der Waals surface area (Å²) in [5, 5.41) is 2.45. The van der Waals surface area contributed by atoms with Crippen molar-refractivity contribution in [3.05, 3.63) is 20.6 Å². The van der Waals surface area contributed by atoms with Gasteiger partial charge in [0.1, 0.15) is 10.8 Å². The van der Waals surface area contributed by atoms with Crippen molar-refractivity contribution in [1.29, 1.82) is 0 Å². The van der Waals surface area contributed by atoms with Crippen LogP contribution in [0.4, 0.5) is 0 Å². The number of hydrogen-bond donors (Lipinski definition) is 1. The number of rotatable bonds is 1. The van der Waals surface area contributed by atoms with Gasteiger partial charge in [0, 0.05) is 7.05 Å². The quantitative estimate of drug-likeness (QED) is 0.633. The third-order valence-electron chi connectivity index (χ3n) is 1.23. The van der Waals surface area contributed by atoms with E-state index in [0.717, 1.165) is 0 Å². The highest BCUT2D eigenvalue weighted by Gasteiger charge is 2.15. The van der Waals surface area contributed by atoms with Crippen molar-refractivity contribution >= 4 is 45.0 Å². The fraction of sp³-hybridized carbons (Fsp3) is 0.167. The van der Waals surface area contributed by atoms with Crippen molar-refractivity contribution in [3.63, 3.8) is 0 Å². The highest BCUT2D eigenvalue weighted by molar-refractivity contribution is 9.10. The van der Waals surface area contributed by atoms with E-state index >= 15 is 0 Å². The average molecular weight is 285 g/mol. The average Bonchev–Trinajstić information content (AvgIpc) is 2.10. The highest BCUT2D eigenvalue weighted by Crippen LogP contribution is 2.24. The molecule has 0 unspecified atom stereocenters. The van der Waals surface area contributed by atoms with Gasteiger partial charge in [-0.2, -0.15) is 0 Å². The van der Waals surface area contributed by atoms with E-state index in [1.54, 1.807) is 0 Å². The molecule has 1 N–H and O–H groups in total. The van der Waals surface area contributed by atoms with E-state index in [2.05, 4.69) is 31.2 Å². The first-order valence-corrected chi connectivity index (χ1v) is 4.71. The standard InChI is InChI=1S/C6H4BrCl2N3O/c1-10-5(13)3-2(7)4(8)12-6(9)11-3/h1H3,(H,10,13). The molecule has 1 aromatic rings. The number of aromatic nitrogens is 2. The van der Waals surface area contributed by atoms with Crippen LogP contribution in [-0.4, -0.2) is 22.9 Å². The summed E-state index contributed by atoms with van der Waals surface area (Å²) < 4.78 is 0.331. The molecule has 13 heavy (non-hydrogen) atoms. The molecule has 1 heterocycles. The Morgan fingerprint density at radius 2 is 2.08 bits per heavy atom. The van der Waals surface area contributed by atoms with E-state index in [1.165, 1.54) is 7.05 Å². The first kappa shape index (κ1) is 10.7. The molecule has 0 aromatic carbocycles. The van der Waals surface area contributed by atoms with Gasteiger partial charge in [-0.15, -0.1) is 0 Å². The molecule has 0 bridgehead atoms. The van der Waals surface area contributed by atoms with Gasteiger partial charge in [-0.25, -0.2) is 9.97 Å². The predicted molar refractivity (Wildman–Crippen MR) is 53.1 cm³/mol. The Hall–Kier alpha value is -0.390. The zero-order valence-corrected chi connectivity index (χ0v) is 9.53. The first-order valence-electron chi connectivity index (χ1n) is 3.17. The van der Waals surface area contributed by atoms with Gasteiger partial charge in [0.25, 0.3) is 5.91 Å². The van der Waals surface area contributed by atoms with E-state index in [-0.39, 0.29) is 22.0 Å². The van der Waals surface area contributed by atoms with E-state index in [4.69, 9.17) is 23.2 Å². The molecule has 0 aliphatic heterocycles. The van der Waals surface area contributed by atoms with Gasteiger partial charge < -0.3 is 5.32 Å². The van der Waals surface area contributed by atoms with Gasteiger partial charge in [-0.3, -0.25) is 4.79 Å². The molecule has 0 saturated heterocycles. The lowest BCUT2D eigenvalue weighted by molar-refractivity contribution is 0.0957. The van der Waals surface area contributed by atoms with Crippen molar-refractivity contribution in [2.24, 2.45) is 0 Å². The van der Waals surface area contributed by atoms with E-state index in [1.807, 2.05) is 0 Å². The minimum absolute atomic E-state index is 0.0631. The second-order valence-corrected chi connectivity index (χ2v) is 3.51. The van der Waals surface area contributed by atoms with Gasteiger partial charge in [-0.1, -0.05) is 11.6 Å². The Bertz CT molecular complexity index is 358. The number of nitrogens with one attached hydrogen (secondary N) is 1. The number of nitrogens with zero attached hydrogens (tertiary/aromatic N) is 2. The van der Waals surface area contributed by atoms with E-state index in [9.17, 15) is 4.79 Å². The summed E-state index contributed by atoms with van der Waals surface area (Å²) in [4.78, 5) is 18.5. The van der Waals surface area contributed by atoms with Crippen LogP contribution in [0.15, 0.2) is 4.47 Å². The van der Waals surface area contributed by atoms with E-state index < -0.39 is 0 Å². The van der Waals surface area contributed by atoms with Crippen LogP contribution in [0, 0.1) is 0 Å². The summed E-state index contributed by atoms with van der Waals surface area (Å²) in [7, 11) is 1.48. The molecular formula is C6H4BrCl2N3O. The third-order valence-corrected chi connectivity index (χ3v) is 2.65. The van der Waals surface area contributed by atoms with Crippen LogP contribution < -0.4 is 5.32 Å². The normalized spacial score (nSPS) is 9.85. The van der Waals surface area contributed by atoms with Crippen LogP contribution in [-0.2, 0) is 0 Å². The molecule has 0 radical (unpaired) electrons. The van der Waals surface area contributed by atoms with Crippen LogP contribution >= 0.6 is 39.1 Å². The Kier molecular flexibility index (Phi) is 3.47. The molecule has 0 aliphatic rings. The molecular weight excluding hydrogens is 281 g/mol. The lowest BCUT2D eigenvalue weighted by Crippen LogP contribution is -2.20. The maximum Gasteiger partial charge on any atom is 0.271 e. The molecule has 1 aromatic heterocycles. The van der Waals surface area contributed by atoms with Crippen LogP contribution in [0.3, 0.4) is 0 Å². The van der Waals surface area contributed by atoms with Gasteiger partial charge in [0.2, 0.25) is 5.28 Å². The maximum absolute atomic E-state index is 11.2. The lowest BCUT2D eigenvalue weighted by atomic mass is 10.4. The second kappa shape index (κ2) is 4.21. The van der Waals surface area contributed by atoms with Gasteiger partial charge in [0.05, 0.1) is 4.47 Å². The minimum Gasteiger partial charge on any atom is -0.354 e. The van der Waals surface area contributed by atoms with Crippen molar-refractivity contribution in [1.82, 2.24) is 15.3 Å². The molecule has 0 saturated carbocycles. The van der Waals surface area contributed by atoms with Gasteiger partial charge in [0.15, 0.2) is 0 Å². The summed E-state index contributed by atoms with van der Waals surface area (Å²) >= 11 is 14.3. The lowest BCUT2D eigenvalue weighted by Gasteiger charge is -2.02. The topological polar surface area (TPSA) is 54.9 Å². The molecule has 0 atom stereocenters. The largest absolute Gasteiger partial charge is 0.354 e. The van der Waals surface area contributed by atoms with Crippen molar-refractivity contribution in [2.75, 3.05) is 7.05 Å². The Morgan fingerprint density at radius 3 is 2.62 bits per heavy atom. The van der Waals surface area contributed by atoms with Gasteiger partial charge in [-0.05, 0) is 27.5 Å². The van der Waals surface area contributed by atoms with Crippen molar-refractivity contribution in [3.8, 4) is 0 Å².